The molecule has 1 aliphatic heterocycles. The monoisotopic (exact) mass is 424 g/mol. The number of urea groups is 1. The molecule has 3 rings (SSSR count). The largest absolute Gasteiger partial charge is 0.573 e. The molecule has 9 nitrogen and oxygen atoms in total. The van der Waals surface area contributed by atoms with Crippen LogP contribution in [0.4, 0.5) is 29.3 Å². The number of halogens is 3. The lowest BCUT2D eigenvalue weighted by Gasteiger charge is -2.27. The third kappa shape index (κ3) is 3.88. The second-order valence-corrected chi connectivity index (χ2v) is 6.88. The number of amides is 3. The fourth-order valence-corrected chi connectivity index (χ4v) is 3.02. The van der Waals surface area contributed by atoms with Gasteiger partial charge >= 0.3 is 12.4 Å². The number of rotatable bonds is 5. The maximum Gasteiger partial charge on any atom is 0.573 e. The van der Waals surface area contributed by atoms with E-state index < -0.39 is 45.9 Å². The Bertz CT molecular complexity index is 1010. The van der Waals surface area contributed by atoms with Crippen LogP contribution < -0.4 is 9.64 Å². The fourth-order valence-electron chi connectivity index (χ4n) is 3.02. The molecule has 30 heavy (non-hydrogen) atoms. The van der Waals surface area contributed by atoms with E-state index in [2.05, 4.69) is 9.72 Å². The molecule has 0 radical (unpaired) electrons. The van der Waals surface area contributed by atoms with Crippen molar-refractivity contribution in [3.8, 4) is 5.75 Å². The molecule has 0 spiro atoms. The highest BCUT2D eigenvalue weighted by Gasteiger charge is 2.53. The molecule has 0 aliphatic carbocycles. The molecule has 0 bridgehead atoms. The van der Waals surface area contributed by atoms with Crippen LogP contribution in [0.15, 0.2) is 42.7 Å². The van der Waals surface area contributed by atoms with E-state index >= 15 is 0 Å². The van der Waals surface area contributed by atoms with Gasteiger partial charge in [-0.15, -0.1) is 13.2 Å². The van der Waals surface area contributed by atoms with Gasteiger partial charge in [-0.1, -0.05) is 0 Å². The molecular weight excluding hydrogens is 409 g/mol. The number of hydrogen-bond acceptors (Lipinski definition) is 6. The van der Waals surface area contributed by atoms with Gasteiger partial charge in [0.15, 0.2) is 0 Å². The summed E-state index contributed by atoms with van der Waals surface area (Å²) < 4.78 is 41.0. The van der Waals surface area contributed by atoms with Crippen LogP contribution in [0, 0.1) is 10.1 Å². The third-order valence-corrected chi connectivity index (χ3v) is 4.53. The van der Waals surface area contributed by atoms with Crippen molar-refractivity contribution in [3.05, 3.63) is 58.4 Å². The first-order valence-corrected chi connectivity index (χ1v) is 8.51. The Morgan fingerprint density at radius 3 is 2.37 bits per heavy atom. The van der Waals surface area contributed by atoms with Gasteiger partial charge in [-0.3, -0.25) is 19.9 Å². The van der Waals surface area contributed by atoms with E-state index in [-0.39, 0.29) is 6.54 Å². The summed E-state index contributed by atoms with van der Waals surface area (Å²) in [7, 11) is 0. The van der Waals surface area contributed by atoms with E-state index in [0.29, 0.717) is 16.5 Å². The summed E-state index contributed by atoms with van der Waals surface area (Å²) in [5.41, 5.74) is -2.01. The molecule has 2 heterocycles. The normalized spacial score (nSPS) is 16.2. The lowest BCUT2D eigenvalue weighted by Crippen LogP contribution is -2.43. The van der Waals surface area contributed by atoms with Crippen LogP contribution >= 0.6 is 0 Å². The number of anilines is 1. The second-order valence-electron chi connectivity index (χ2n) is 6.88. The standard InChI is InChI=1S/C18H15F3N4O5/c1-17(2)15(26)24(16(27)23(17)10-11-5-7-22-8-6-11)13-4-3-12(30-18(19,20)21)9-14(13)25(28)29/h3-9H,10H2,1-2H3. The molecular formula is C18H15F3N4O5. The van der Waals surface area contributed by atoms with Gasteiger partial charge in [0.25, 0.3) is 11.6 Å². The molecule has 1 aromatic heterocycles. The van der Waals surface area contributed by atoms with Crippen LogP contribution in [0.1, 0.15) is 19.4 Å². The zero-order chi connectivity index (χ0) is 22.3. The number of imide groups is 1. The van der Waals surface area contributed by atoms with Crippen LogP contribution in [0.25, 0.3) is 0 Å². The van der Waals surface area contributed by atoms with Gasteiger partial charge < -0.3 is 9.64 Å². The first kappa shape index (κ1) is 21.0. The number of ether oxygens (including phenoxy) is 1. The molecule has 0 N–H and O–H groups in total. The number of nitro benzene ring substituents is 1. The smallest absolute Gasteiger partial charge is 0.406 e. The topological polar surface area (TPSA) is 106 Å². The summed E-state index contributed by atoms with van der Waals surface area (Å²) in [5, 5.41) is 11.4. The Kier molecular flexibility index (Phi) is 5.10. The Balaban J connectivity index is 2.01. The van der Waals surface area contributed by atoms with Crippen molar-refractivity contribution < 1.29 is 32.4 Å². The van der Waals surface area contributed by atoms with E-state index in [4.69, 9.17) is 0 Å². The third-order valence-electron chi connectivity index (χ3n) is 4.53. The SMILES string of the molecule is CC1(C)C(=O)N(c2ccc(OC(F)(F)F)cc2[N+](=O)[O-])C(=O)N1Cc1ccncc1. The molecule has 0 saturated carbocycles. The van der Waals surface area contributed by atoms with E-state index in [9.17, 15) is 32.9 Å². The summed E-state index contributed by atoms with van der Waals surface area (Å²) in [6, 6.07) is 4.64. The van der Waals surface area contributed by atoms with Crippen molar-refractivity contribution in [2.45, 2.75) is 32.3 Å². The Morgan fingerprint density at radius 1 is 1.17 bits per heavy atom. The molecule has 2 aromatic rings. The Morgan fingerprint density at radius 2 is 1.80 bits per heavy atom. The zero-order valence-corrected chi connectivity index (χ0v) is 15.7. The van der Waals surface area contributed by atoms with Gasteiger partial charge in [-0.05, 0) is 43.7 Å². The van der Waals surface area contributed by atoms with Crippen LogP contribution in [0.5, 0.6) is 5.75 Å². The predicted octanol–water partition coefficient (Wildman–Crippen LogP) is 3.64. The maximum atomic E-state index is 13.0. The van der Waals surface area contributed by atoms with Crippen molar-refractivity contribution in [2.75, 3.05) is 4.90 Å². The zero-order valence-electron chi connectivity index (χ0n) is 15.7. The number of pyridine rings is 1. The molecule has 0 atom stereocenters. The lowest BCUT2D eigenvalue weighted by molar-refractivity contribution is -0.384. The average Bonchev–Trinajstić information content (AvgIpc) is 2.81. The number of carbonyl (C=O) groups excluding carboxylic acids is 2. The molecule has 0 unspecified atom stereocenters. The molecule has 1 aliphatic rings. The molecule has 1 fully saturated rings. The van der Waals surface area contributed by atoms with Gasteiger partial charge in [-0.2, -0.15) is 0 Å². The van der Waals surface area contributed by atoms with E-state index in [1.165, 1.54) is 31.1 Å². The van der Waals surface area contributed by atoms with E-state index in [1.54, 1.807) is 12.1 Å². The molecule has 1 aromatic carbocycles. The number of alkyl halides is 3. The van der Waals surface area contributed by atoms with E-state index in [0.717, 1.165) is 12.1 Å². The number of aromatic nitrogens is 1. The van der Waals surface area contributed by atoms with Crippen LogP contribution in [0.2, 0.25) is 0 Å². The van der Waals surface area contributed by atoms with Gasteiger partial charge in [0, 0.05) is 18.9 Å². The summed E-state index contributed by atoms with van der Waals surface area (Å²) in [6.45, 7) is 2.97. The van der Waals surface area contributed by atoms with E-state index in [1.807, 2.05) is 0 Å². The average molecular weight is 424 g/mol. The van der Waals surface area contributed by atoms with Crippen molar-refractivity contribution in [1.82, 2.24) is 9.88 Å². The first-order valence-electron chi connectivity index (χ1n) is 8.51. The first-order chi connectivity index (χ1) is 13.9. The van der Waals surface area contributed by atoms with Crippen molar-refractivity contribution in [3.63, 3.8) is 0 Å². The number of nitrogens with zero attached hydrogens (tertiary/aromatic N) is 4. The minimum atomic E-state index is -5.06. The Labute approximate surface area is 167 Å². The summed E-state index contributed by atoms with van der Waals surface area (Å²) in [4.78, 5) is 42.1. The summed E-state index contributed by atoms with van der Waals surface area (Å²) in [6.07, 6.45) is -2.04. The van der Waals surface area contributed by atoms with Crippen LogP contribution in [-0.4, -0.2) is 38.6 Å². The number of nitro groups is 1. The maximum absolute atomic E-state index is 13.0. The second kappa shape index (κ2) is 7.28. The Hall–Kier alpha value is -3.70. The predicted molar refractivity (Wildman–Crippen MR) is 96.5 cm³/mol. The summed E-state index contributed by atoms with van der Waals surface area (Å²) in [5.74, 6) is -1.60. The number of carbonyl (C=O) groups is 2. The minimum absolute atomic E-state index is 0.0274. The minimum Gasteiger partial charge on any atom is -0.406 e. The van der Waals surface area contributed by atoms with Gasteiger partial charge in [0.1, 0.15) is 17.0 Å². The number of hydrogen-bond donors (Lipinski definition) is 0. The molecule has 1 saturated heterocycles. The highest BCUT2D eigenvalue weighted by atomic mass is 19.4. The fraction of sp³-hybridized carbons (Fsp3) is 0.278. The lowest BCUT2D eigenvalue weighted by atomic mass is 10.0. The highest BCUT2D eigenvalue weighted by molar-refractivity contribution is 6.23. The van der Waals surface area contributed by atoms with Crippen molar-refractivity contribution in [1.29, 1.82) is 0 Å². The number of benzene rings is 1. The highest BCUT2D eigenvalue weighted by Crippen LogP contribution is 2.40. The van der Waals surface area contributed by atoms with Crippen molar-refractivity contribution >= 4 is 23.3 Å². The van der Waals surface area contributed by atoms with Crippen LogP contribution in [0.3, 0.4) is 0 Å². The van der Waals surface area contributed by atoms with Crippen molar-refractivity contribution in [2.24, 2.45) is 0 Å². The molecule has 158 valence electrons. The molecule has 12 heteroatoms. The van der Waals surface area contributed by atoms with Gasteiger partial charge in [-0.25, -0.2) is 9.69 Å². The summed E-state index contributed by atoms with van der Waals surface area (Å²) >= 11 is 0. The van der Waals surface area contributed by atoms with Crippen LogP contribution in [-0.2, 0) is 11.3 Å². The van der Waals surface area contributed by atoms with Gasteiger partial charge in [0.05, 0.1) is 11.0 Å². The van der Waals surface area contributed by atoms with Gasteiger partial charge in [0.2, 0.25) is 0 Å². The molecule has 3 amide bonds. The quantitative estimate of drug-likeness (QED) is 0.412.